The molecule has 0 saturated carbocycles. The fourth-order valence-electron chi connectivity index (χ4n) is 2.26. The van der Waals surface area contributed by atoms with E-state index >= 15 is 0 Å². The Kier molecular flexibility index (Phi) is 6.07. The summed E-state index contributed by atoms with van der Waals surface area (Å²) in [5.41, 5.74) is 2.14. The van der Waals surface area contributed by atoms with E-state index in [1.165, 1.54) is 6.20 Å². The van der Waals surface area contributed by atoms with Gasteiger partial charge in [0.2, 0.25) is 0 Å². The maximum absolute atomic E-state index is 12.3. The maximum Gasteiger partial charge on any atom is 0.340 e. The van der Waals surface area contributed by atoms with E-state index in [2.05, 4.69) is 24.1 Å². The van der Waals surface area contributed by atoms with Gasteiger partial charge in [0.15, 0.2) is 6.10 Å². The predicted molar refractivity (Wildman–Crippen MR) is 92.9 cm³/mol. The van der Waals surface area contributed by atoms with Crippen LogP contribution in [0.3, 0.4) is 0 Å². The van der Waals surface area contributed by atoms with Crippen LogP contribution in [0, 0.1) is 0 Å². The number of rotatable bonds is 6. The molecule has 2 aromatic rings. The molecule has 0 fully saturated rings. The van der Waals surface area contributed by atoms with Gasteiger partial charge in [-0.1, -0.05) is 32.0 Å². The van der Waals surface area contributed by atoms with Crippen molar-refractivity contribution < 1.29 is 14.3 Å². The summed E-state index contributed by atoms with van der Waals surface area (Å²) in [6, 6.07) is 10.9. The van der Waals surface area contributed by atoms with E-state index in [0.717, 1.165) is 17.7 Å². The number of hydrogen-bond donors (Lipinski definition) is 1. The van der Waals surface area contributed by atoms with Gasteiger partial charge in [-0.05, 0) is 43.0 Å². The van der Waals surface area contributed by atoms with Crippen LogP contribution in [-0.2, 0) is 9.53 Å². The number of nitrogens with zero attached hydrogens (tertiary/aromatic N) is 1. The zero-order valence-electron chi connectivity index (χ0n) is 14.2. The van der Waals surface area contributed by atoms with E-state index < -0.39 is 12.1 Å². The first-order chi connectivity index (χ1) is 11.5. The molecule has 0 unspecified atom stereocenters. The maximum atomic E-state index is 12.3. The summed E-state index contributed by atoms with van der Waals surface area (Å²) >= 11 is 0. The number of esters is 1. The summed E-state index contributed by atoms with van der Waals surface area (Å²) in [5, 5.41) is 2.85. The summed E-state index contributed by atoms with van der Waals surface area (Å²) in [6.07, 6.45) is 3.05. The number of aromatic nitrogens is 1. The Hall–Kier alpha value is -2.69. The highest BCUT2D eigenvalue weighted by Gasteiger charge is 2.20. The van der Waals surface area contributed by atoms with Crippen LogP contribution in [0.5, 0.6) is 0 Å². The van der Waals surface area contributed by atoms with Crippen molar-refractivity contribution in [3.05, 3.63) is 59.9 Å². The molecule has 1 aromatic heterocycles. The van der Waals surface area contributed by atoms with Gasteiger partial charge in [-0.15, -0.1) is 0 Å². The van der Waals surface area contributed by atoms with Gasteiger partial charge < -0.3 is 10.1 Å². The van der Waals surface area contributed by atoms with Crippen LogP contribution in [0.15, 0.2) is 48.8 Å². The average Bonchev–Trinajstić information content (AvgIpc) is 2.62. The molecule has 24 heavy (non-hydrogen) atoms. The van der Waals surface area contributed by atoms with Gasteiger partial charge in [0.25, 0.3) is 5.91 Å². The Morgan fingerprint density at radius 3 is 2.58 bits per heavy atom. The number of anilines is 1. The van der Waals surface area contributed by atoms with E-state index in [-0.39, 0.29) is 5.91 Å². The van der Waals surface area contributed by atoms with Gasteiger partial charge in [0, 0.05) is 18.1 Å². The number of amides is 1. The van der Waals surface area contributed by atoms with E-state index in [1.807, 2.05) is 24.3 Å². The van der Waals surface area contributed by atoms with Crippen molar-refractivity contribution >= 4 is 17.6 Å². The summed E-state index contributed by atoms with van der Waals surface area (Å²) in [5.74, 6) is -0.598. The minimum absolute atomic E-state index is 0.317. The number of para-hydroxylation sites is 1. The highest BCUT2D eigenvalue weighted by Crippen LogP contribution is 2.26. The van der Waals surface area contributed by atoms with Crippen molar-refractivity contribution in [2.75, 3.05) is 5.32 Å². The number of carbonyl (C=O) groups is 2. The van der Waals surface area contributed by atoms with Gasteiger partial charge in [-0.3, -0.25) is 9.78 Å². The monoisotopic (exact) mass is 326 g/mol. The zero-order chi connectivity index (χ0) is 17.5. The lowest BCUT2D eigenvalue weighted by Crippen LogP contribution is -2.30. The number of nitrogens with one attached hydrogen (secondary N) is 1. The number of hydrogen-bond acceptors (Lipinski definition) is 4. The lowest BCUT2D eigenvalue weighted by Gasteiger charge is -2.18. The molecule has 126 valence electrons. The summed E-state index contributed by atoms with van der Waals surface area (Å²) in [7, 11) is 0. The van der Waals surface area contributed by atoms with Gasteiger partial charge in [-0.25, -0.2) is 4.79 Å². The number of carbonyl (C=O) groups excluding carboxylic acids is 2. The molecule has 0 aliphatic carbocycles. The highest BCUT2D eigenvalue weighted by molar-refractivity contribution is 5.97. The lowest BCUT2D eigenvalue weighted by molar-refractivity contribution is -0.123. The van der Waals surface area contributed by atoms with Gasteiger partial charge in [0.1, 0.15) is 0 Å². The van der Waals surface area contributed by atoms with Crippen LogP contribution in [-0.4, -0.2) is 23.0 Å². The number of benzene rings is 1. The second kappa shape index (κ2) is 8.24. The van der Waals surface area contributed by atoms with Gasteiger partial charge in [-0.2, -0.15) is 0 Å². The first-order valence-corrected chi connectivity index (χ1v) is 8.03. The molecule has 2 atom stereocenters. The molecule has 5 nitrogen and oxygen atoms in total. The largest absolute Gasteiger partial charge is 0.449 e. The normalized spacial score (nSPS) is 13.0. The van der Waals surface area contributed by atoms with Crippen LogP contribution >= 0.6 is 0 Å². The minimum atomic E-state index is -0.900. The molecule has 0 radical (unpaired) electrons. The van der Waals surface area contributed by atoms with Crippen LogP contribution in [0.1, 0.15) is 49.0 Å². The molecule has 1 aromatic carbocycles. The van der Waals surface area contributed by atoms with Crippen molar-refractivity contribution in [1.29, 1.82) is 0 Å². The Morgan fingerprint density at radius 1 is 1.17 bits per heavy atom. The quantitative estimate of drug-likeness (QED) is 0.820. The first kappa shape index (κ1) is 17.7. The standard InChI is InChI=1S/C19H22N2O3/c1-4-13(2)16-9-5-6-10-17(16)21-18(22)14(3)24-19(23)15-8-7-11-20-12-15/h5-14H,4H2,1-3H3,(H,21,22)/t13-,14-/m1/s1. The SMILES string of the molecule is CC[C@@H](C)c1ccccc1NC(=O)[C@@H](C)OC(=O)c1cccnc1. The van der Waals surface area contributed by atoms with E-state index in [9.17, 15) is 9.59 Å². The highest BCUT2D eigenvalue weighted by atomic mass is 16.5. The lowest BCUT2D eigenvalue weighted by atomic mass is 9.97. The second-order valence-electron chi connectivity index (χ2n) is 5.68. The minimum Gasteiger partial charge on any atom is -0.449 e. The molecule has 0 aliphatic rings. The zero-order valence-corrected chi connectivity index (χ0v) is 14.2. The molecule has 0 saturated heterocycles. The molecule has 2 rings (SSSR count). The third-order valence-electron chi connectivity index (χ3n) is 3.91. The van der Waals surface area contributed by atoms with Crippen molar-refractivity contribution in [1.82, 2.24) is 4.98 Å². The topological polar surface area (TPSA) is 68.3 Å². The van der Waals surface area contributed by atoms with Gasteiger partial charge in [0.05, 0.1) is 5.56 Å². The Morgan fingerprint density at radius 2 is 1.92 bits per heavy atom. The van der Waals surface area contributed by atoms with Crippen LogP contribution < -0.4 is 5.32 Å². The molecule has 1 heterocycles. The van der Waals surface area contributed by atoms with Crippen LogP contribution in [0.2, 0.25) is 0 Å². The number of pyridine rings is 1. The Bertz CT molecular complexity index is 701. The molecule has 0 spiro atoms. The fraction of sp³-hybridized carbons (Fsp3) is 0.316. The van der Waals surface area contributed by atoms with Gasteiger partial charge >= 0.3 is 5.97 Å². The third kappa shape index (κ3) is 4.41. The molecule has 1 amide bonds. The van der Waals surface area contributed by atoms with Crippen LogP contribution in [0.25, 0.3) is 0 Å². The number of ether oxygens (including phenoxy) is 1. The fourth-order valence-corrected chi connectivity index (χ4v) is 2.26. The van der Waals surface area contributed by atoms with E-state index in [0.29, 0.717) is 11.5 Å². The second-order valence-corrected chi connectivity index (χ2v) is 5.68. The van der Waals surface area contributed by atoms with Crippen molar-refractivity contribution in [3.63, 3.8) is 0 Å². The van der Waals surface area contributed by atoms with Crippen molar-refractivity contribution in [3.8, 4) is 0 Å². The van der Waals surface area contributed by atoms with E-state index in [1.54, 1.807) is 25.3 Å². The predicted octanol–water partition coefficient (Wildman–Crippen LogP) is 3.78. The van der Waals surface area contributed by atoms with Crippen molar-refractivity contribution in [2.45, 2.75) is 39.2 Å². The molecule has 1 N–H and O–H groups in total. The van der Waals surface area contributed by atoms with Crippen LogP contribution in [0.4, 0.5) is 5.69 Å². The average molecular weight is 326 g/mol. The van der Waals surface area contributed by atoms with E-state index in [4.69, 9.17) is 4.74 Å². The smallest absolute Gasteiger partial charge is 0.340 e. The summed E-state index contributed by atoms with van der Waals surface area (Å²) in [4.78, 5) is 28.2. The Balaban J connectivity index is 2.03. The first-order valence-electron chi connectivity index (χ1n) is 8.03. The molecule has 0 aliphatic heterocycles. The molecule has 5 heteroatoms. The van der Waals surface area contributed by atoms with Crippen molar-refractivity contribution in [2.24, 2.45) is 0 Å². The molecular formula is C19H22N2O3. The molecular weight excluding hydrogens is 304 g/mol. The third-order valence-corrected chi connectivity index (χ3v) is 3.91. The Labute approximate surface area is 142 Å². The summed E-state index contributed by atoms with van der Waals surface area (Å²) < 4.78 is 5.21. The molecule has 0 bridgehead atoms. The summed E-state index contributed by atoms with van der Waals surface area (Å²) in [6.45, 7) is 5.76.